The second-order valence-corrected chi connectivity index (χ2v) is 4.91. The second-order valence-electron chi connectivity index (χ2n) is 3.75. The minimum atomic E-state index is -0.238. The molecule has 1 aromatic heterocycles. The Balaban J connectivity index is 2.50. The number of nitrogens with one attached hydrogen (secondary N) is 1. The maximum Gasteiger partial charge on any atom is 0.224 e. The van der Waals surface area contributed by atoms with Crippen LogP contribution in [0.2, 0.25) is 0 Å². The van der Waals surface area contributed by atoms with Crippen molar-refractivity contribution in [2.24, 2.45) is 0 Å². The summed E-state index contributed by atoms with van der Waals surface area (Å²) in [6.07, 6.45) is 0. The molecule has 0 spiro atoms. The minimum Gasteiger partial charge on any atom is -0.355 e. The van der Waals surface area contributed by atoms with Crippen molar-refractivity contribution in [3.63, 3.8) is 0 Å². The van der Waals surface area contributed by atoms with Gasteiger partial charge in [0, 0.05) is 22.2 Å². The Morgan fingerprint density at radius 1 is 1.33 bits per heavy atom. The zero-order chi connectivity index (χ0) is 13.1. The van der Waals surface area contributed by atoms with E-state index in [-0.39, 0.29) is 5.82 Å². The molecule has 18 heavy (non-hydrogen) atoms. The highest BCUT2D eigenvalue weighted by molar-refractivity contribution is 14.1. The Hall–Kier alpha value is -1.18. The molecule has 2 rings (SSSR count). The average molecular weight is 360 g/mol. The predicted molar refractivity (Wildman–Crippen MR) is 78.0 cm³/mol. The third-order valence-electron chi connectivity index (χ3n) is 2.57. The molecule has 0 saturated heterocycles. The van der Waals surface area contributed by atoms with Crippen molar-refractivity contribution >= 4 is 28.5 Å². The maximum atomic E-state index is 13.1. The Bertz CT molecular complexity index is 553. The maximum absolute atomic E-state index is 13.1. The van der Waals surface area contributed by atoms with Gasteiger partial charge in [0.1, 0.15) is 5.82 Å². The van der Waals surface area contributed by atoms with Crippen LogP contribution < -0.4 is 5.32 Å². The van der Waals surface area contributed by atoms with Crippen molar-refractivity contribution in [1.82, 2.24) is 14.8 Å². The number of nitrogens with zero attached hydrogens (tertiary/aromatic N) is 3. The first kappa shape index (κ1) is 13.3. The van der Waals surface area contributed by atoms with Gasteiger partial charge in [-0.05, 0) is 54.6 Å². The minimum absolute atomic E-state index is 0.238. The van der Waals surface area contributed by atoms with E-state index in [2.05, 4.69) is 38.1 Å². The van der Waals surface area contributed by atoms with Gasteiger partial charge in [-0.15, -0.1) is 10.2 Å². The first-order valence-electron chi connectivity index (χ1n) is 5.79. The molecule has 0 aliphatic carbocycles. The van der Waals surface area contributed by atoms with Crippen LogP contribution in [0.4, 0.5) is 10.3 Å². The molecule has 0 fully saturated rings. The number of hydrogen-bond acceptors (Lipinski definition) is 3. The van der Waals surface area contributed by atoms with Gasteiger partial charge in [-0.25, -0.2) is 4.39 Å². The van der Waals surface area contributed by atoms with E-state index in [1.165, 1.54) is 12.1 Å². The molecule has 0 aliphatic heterocycles. The van der Waals surface area contributed by atoms with Crippen LogP contribution in [0.15, 0.2) is 18.2 Å². The van der Waals surface area contributed by atoms with Crippen molar-refractivity contribution in [3.05, 3.63) is 27.6 Å². The van der Waals surface area contributed by atoms with Crippen LogP contribution >= 0.6 is 22.6 Å². The van der Waals surface area contributed by atoms with E-state index in [0.717, 1.165) is 34.0 Å². The lowest BCUT2D eigenvalue weighted by Crippen LogP contribution is -2.07. The summed E-state index contributed by atoms with van der Waals surface area (Å²) in [5.74, 6) is 1.27. The highest BCUT2D eigenvalue weighted by Gasteiger charge is 2.14. The van der Waals surface area contributed by atoms with E-state index in [0.29, 0.717) is 0 Å². The van der Waals surface area contributed by atoms with E-state index in [1.54, 1.807) is 6.07 Å². The molecule has 4 nitrogen and oxygen atoms in total. The molecule has 0 radical (unpaired) electrons. The quantitative estimate of drug-likeness (QED) is 0.852. The van der Waals surface area contributed by atoms with Crippen LogP contribution in [0.3, 0.4) is 0 Å². The van der Waals surface area contributed by atoms with E-state index >= 15 is 0 Å². The van der Waals surface area contributed by atoms with Crippen LogP contribution in [0.5, 0.6) is 0 Å². The van der Waals surface area contributed by atoms with Gasteiger partial charge in [-0.3, -0.25) is 4.57 Å². The molecule has 6 heteroatoms. The highest BCUT2D eigenvalue weighted by Crippen LogP contribution is 2.26. The second kappa shape index (κ2) is 5.64. The SMILES string of the molecule is CCNc1nnc(-c2ccc(F)cc2I)n1CC. The van der Waals surface area contributed by atoms with Crippen molar-refractivity contribution in [3.8, 4) is 11.4 Å². The summed E-state index contributed by atoms with van der Waals surface area (Å²) < 4.78 is 15.9. The van der Waals surface area contributed by atoms with Gasteiger partial charge < -0.3 is 5.32 Å². The first-order valence-corrected chi connectivity index (χ1v) is 6.87. The molecule has 0 saturated carbocycles. The van der Waals surface area contributed by atoms with Crippen molar-refractivity contribution < 1.29 is 4.39 Å². The molecule has 0 atom stereocenters. The molecular formula is C12H14FIN4. The number of rotatable bonds is 4. The van der Waals surface area contributed by atoms with Crippen LogP contribution in [0.1, 0.15) is 13.8 Å². The molecular weight excluding hydrogens is 346 g/mol. The molecule has 0 bridgehead atoms. The Morgan fingerprint density at radius 2 is 2.11 bits per heavy atom. The lowest BCUT2D eigenvalue weighted by Gasteiger charge is -2.09. The molecule has 1 aromatic carbocycles. The fourth-order valence-electron chi connectivity index (χ4n) is 1.76. The summed E-state index contributed by atoms with van der Waals surface area (Å²) >= 11 is 2.11. The Kier molecular flexibility index (Phi) is 4.15. The van der Waals surface area contributed by atoms with Crippen LogP contribution in [-0.2, 0) is 6.54 Å². The summed E-state index contributed by atoms with van der Waals surface area (Å²) in [6.45, 7) is 5.59. The summed E-state index contributed by atoms with van der Waals surface area (Å²) in [6, 6.07) is 4.68. The fourth-order valence-corrected chi connectivity index (χ4v) is 2.48. The van der Waals surface area contributed by atoms with Gasteiger partial charge in [0.25, 0.3) is 0 Å². The third-order valence-corrected chi connectivity index (χ3v) is 3.47. The number of hydrogen-bond donors (Lipinski definition) is 1. The summed E-state index contributed by atoms with van der Waals surface area (Å²) in [5.41, 5.74) is 0.899. The molecule has 1 N–H and O–H groups in total. The zero-order valence-electron chi connectivity index (χ0n) is 10.2. The van der Waals surface area contributed by atoms with E-state index in [9.17, 15) is 4.39 Å². The van der Waals surface area contributed by atoms with Crippen molar-refractivity contribution in [2.45, 2.75) is 20.4 Å². The lowest BCUT2D eigenvalue weighted by molar-refractivity contribution is 0.627. The molecule has 2 aromatic rings. The van der Waals surface area contributed by atoms with Crippen molar-refractivity contribution in [1.29, 1.82) is 0 Å². The molecule has 1 heterocycles. The molecule has 0 aliphatic rings. The largest absolute Gasteiger partial charge is 0.355 e. The predicted octanol–water partition coefficient (Wildman–Crippen LogP) is 3.14. The highest BCUT2D eigenvalue weighted by atomic mass is 127. The molecule has 0 amide bonds. The van der Waals surface area contributed by atoms with E-state index in [4.69, 9.17) is 0 Å². The third kappa shape index (κ3) is 2.47. The Morgan fingerprint density at radius 3 is 2.72 bits per heavy atom. The number of halogens is 2. The van der Waals surface area contributed by atoms with E-state index < -0.39 is 0 Å². The van der Waals surface area contributed by atoms with E-state index in [1.807, 2.05) is 18.4 Å². The Labute approximate surface area is 119 Å². The van der Waals surface area contributed by atoms with Gasteiger partial charge >= 0.3 is 0 Å². The average Bonchev–Trinajstić information content (AvgIpc) is 2.72. The van der Waals surface area contributed by atoms with Gasteiger partial charge in [0.2, 0.25) is 5.95 Å². The topological polar surface area (TPSA) is 42.7 Å². The number of anilines is 1. The smallest absolute Gasteiger partial charge is 0.224 e. The summed E-state index contributed by atoms with van der Waals surface area (Å²) in [7, 11) is 0. The van der Waals surface area contributed by atoms with Gasteiger partial charge in [-0.1, -0.05) is 0 Å². The zero-order valence-corrected chi connectivity index (χ0v) is 12.4. The van der Waals surface area contributed by atoms with Crippen LogP contribution in [0, 0.1) is 9.39 Å². The summed E-state index contributed by atoms with van der Waals surface area (Å²) in [4.78, 5) is 0. The molecule has 96 valence electrons. The first-order chi connectivity index (χ1) is 8.67. The molecule has 0 unspecified atom stereocenters. The number of benzene rings is 1. The van der Waals surface area contributed by atoms with Gasteiger partial charge in [0.15, 0.2) is 5.82 Å². The summed E-state index contributed by atoms with van der Waals surface area (Å²) in [5, 5.41) is 11.5. The normalized spacial score (nSPS) is 10.7. The fraction of sp³-hybridized carbons (Fsp3) is 0.333. The standard InChI is InChI=1S/C12H14FIN4/c1-3-15-12-17-16-11(18(12)4-2)9-6-5-8(13)7-10(9)14/h5-7H,3-4H2,1-2H3,(H,15,17). The van der Waals surface area contributed by atoms with Crippen LogP contribution in [-0.4, -0.2) is 21.3 Å². The van der Waals surface area contributed by atoms with Gasteiger partial charge in [-0.2, -0.15) is 0 Å². The monoisotopic (exact) mass is 360 g/mol. The van der Waals surface area contributed by atoms with Crippen LogP contribution in [0.25, 0.3) is 11.4 Å². The number of aromatic nitrogens is 3. The van der Waals surface area contributed by atoms with Gasteiger partial charge in [0.05, 0.1) is 0 Å². The lowest BCUT2D eigenvalue weighted by atomic mass is 10.2. The van der Waals surface area contributed by atoms with Crippen molar-refractivity contribution in [2.75, 3.05) is 11.9 Å².